The zero-order valence-electron chi connectivity index (χ0n) is 10.6. The van der Waals surface area contributed by atoms with Crippen LogP contribution < -0.4 is 0 Å². The Kier molecular flexibility index (Phi) is 4.23. The van der Waals surface area contributed by atoms with Crippen LogP contribution in [-0.4, -0.2) is 24.1 Å². The molecule has 16 heavy (non-hydrogen) atoms. The molecule has 1 aromatic rings. The first kappa shape index (κ1) is 13.8. The molecule has 90 valence electrons. The van der Waals surface area contributed by atoms with E-state index in [0.717, 1.165) is 15.7 Å². The summed E-state index contributed by atoms with van der Waals surface area (Å²) in [6.45, 7) is 7.34. The molecule has 0 aliphatic heterocycles. The second kappa shape index (κ2) is 4.92. The Hall–Kier alpha value is -0.290. The van der Waals surface area contributed by atoms with Gasteiger partial charge in [0, 0.05) is 12.1 Å². The molecule has 0 heterocycles. The van der Waals surface area contributed by atoms with Crippen molar-refractivity contribution in [2.75, 3.05) is 14.1 Å². The predicted molar refractivity (Wildman–Crippen MR) is 76.9 cm³/mol. The molecule has 2 nitrogen and oxygen atoms in total. The lowest BCUT2D eigenvalue weighted by atomic mass is 9.86. The minimum absolute atomic E-state index is 0.120. The molecule has 0 atom stereocenters. The van der Waals surface area contributed by atoms with Gasteiger partial charge < -0.3 is 10.0 Å². The van der Waals surface area contributed by atoms with Gasteiger partial charge in [0.15, 0.2) is 0 Å². The molecule has 0 amide bonds. The molecular formula is C13H20INO. The van der Waals surface area contributed by atoms with E-state index in [4.69, 9.17) is 0 Å². The van der Waals surface area contributed by atoms with E-state index >= 15 is 0 Å². The highest BCUT2D eigenvalue weighted by Crippen LogP contribution is 2.32. The third-order valence-corrected chi connectivity index (χ3v) is 3.32. The lowest BCUT2D eigenvalue weighted by Crippen LogP contribution is -2.15. The summed E-state index contributed by atoms with van der Waals surface area (Å²) in [7, 11) is 4.02. The van der Waals surface area contributed by atoms with Crippen molar-refractivity contribution >= 4 is 22.6 Å². The SMILES string of the molecule is CN(C)Cc1cc(C(C)(C)C)cc(I)c1O. The molecule has 0 spiro atoms. The van der Waals surface area contributed by atoms with E-state index in [1.54, 1.807) is 0 Å². The summed E-state index contributed by atoms with van der Waals surface area (Å²) in [5.41, 5.74) is 2.39. The minimum Gasteiger partial charge on any atom is -0.507 e. The van der Waals surface area contributed by atoms with Crippen molar-refractivity contribution < 1.29 is 5.11 Å². The van der Waals surface area contributed by atoms with Crippen molar-refractivity contribution in [1.82, 2.24) is 4.90 Å². The molecular weight excluding hydrogens is 313 g/mol. The highest BCUT2D eigenvalue weighted by atomic mass is 127. The van der Waals surface area contributed by atoms with Gasteiger partial charge in [-0.3, -0.25) is 0 Å². The molecule has 1 N–H and O–H groups in total. The van der Waals surface area contributed by atoms with Crippen molar-refractivity contribution in [3.63, 3.8) is 0 Å². The summed E-state index contributed by atoms with van der Waals surface area (Å²) >= 11 is 2.19. The highest BCUT2D eigenvalue weighted by molar-refractivity contribution is 14.1. The van der Waals surface area contributed by atoms with Gasteiger partial charge in [0.2, 0.25) is 0 Å². The Morgan fingerprint density at radius 2 is 1.81 bits per heavy atom. The predicted octanol–water partition coefficient (Wildman–Crippen LogP) is 3.36. The van der Waals surface area contributed by atoms with E-state index in [1.165, 1.54) is 5.56 Å². The van der Waals surface area contributed by atoms with Crippen LogP contribution in [0.4, 0.5) is 0 Å². The fourth-order valence-electron chi connectivity index (χ4n) is 1.55. The summed E-state index contributed by atoms with van der Waals surface area (Å²) in [6, 6.07) is 4.17. The standard InChI is InChI=1S/C13H20INO/c1-13(2,3)10-6-9(8-15(4)5)12(16)11(14)7-10/h6-7,16H,8H2,1-5H3. The number of phenolic OH excluding ortho intramolecular Hbond substituents is 1. The van der Waals surface area contributed by atoms with Gasteiger partial charge in [0.05, 0.1) is 3.57 Å². The van der Waals surface area contributed by atoms with Crippen LogP contribution >= 0.6 is 22.6 Å². The highest BCUT2D eigenvalue weighted by Gasteiger charge is 2.17. The van der Waals surface area contributed by atoms with Gasteiger partial charge in [-0.15, -0.1) is 0 Å². The summed E-state index contributed by atoms with van der Waals surface area (Å²) in [5.74, 6) is 0.419. The van der Waals surface area contributed by atoms with E-state index in [0.29, 0.717) is 5.75 Å². The van der Waals surface area contributed by atoms with E-state index < -0.39 is 0 Å². The fraction of sp³-hybridized carbons (Fsp3) is 0.538. The van der Waals surface area contributed by atoms with Gasteiger partial charge in [-0.1, -0.05) is 26.8 Å². The molecule has 0 bridgehead atoms. The van der Waals surface area contributed by atoms with Crippen LogP contribution in [0.2, 0.25) is 0 Å². The first-order chi connectivity index (χ1) is 7.21. The molecule has 0 aliphatic carbocycles. The second-order valence-electron chi connectivity index (χ2n) is 5.45. The zero-order chi connectivity index (χ0) is 12.5. The van der Waals surface area contributed by atoms with E-state index in [-0.39, 0.29) is 5.41 Å². The van der Waals surface area contributed by atoms with Gasteiger partial charge >= 0.3 is 0 Å². The molecule has 0 radical (unpaired) electrons. The number of aromatic hydroxyl groups is 1. The Labute approximate surface area is 112 Å². The summed E-state index contributed by atoms with van der Waals surface area (Å²) in [4.78, 5) is 2.07. The number of halogens is 1. The first-order valence-corrected chi connectivity index (χ1v) is 6.46. The summed E-state index contributed by atoms with van der Waals surface area (Å²) < 4.78 is 0.932. The topological polar surface area (TPSA) is 23.5 Å². The third kappa shape index (κ3) is 3.35. The largest absolute Gasteiger partial charge is 0.507 e. The average Bonchev–Trinajstić information content (AvgIpc) is 2.10. The Morgan fingerprint density at radius 1 is 1.25 bits per heavy atom. The van der Waals surface area contributed by atoms with Crippen LogP contribution in [0.3, 0.4) is 0 Å². The molecule has 0 unspecified atom stereocenters. The average molecular weight is 333 g/mol. The van der Waals surface area contributed by atoms with Crippen LogP contribution in [0.15, 0.2) is 12.1 Å². The minimum atomic E-state index is 0.120. The fourth-order valence-corrected chi connectivity index (χ4v) is 2.23. The van der Waals surface area contributed by atoms with Crippen LogP contribution in [-0.2, 0) is 12.0 Å². The molecule has 0 fully saturated rings. The smallest absolute Gasteiger partial charge is 0.133 e. The van der Waals surface area contributed by atoms with Crippen molar-refractivity contribution in [3.8, 4) is 5.75 Å². The van der Waals surface area contributed by atoms with Gasteiger partial charge in [0.25, 0.3) is 0 Å². The van der Waals surface area contributed by atoms with Crippen molar-refractivity contribution in [1.29, 1.82) is 0 Å². The number of phenols is 1. The third-order valence-electron chi connectivity index (χ3n) is 2.49. The first-order valence-electron chi connectivity index (χ1n) is 5.38. The molecule has 0 saturated heterocycles. The van der Waals surface area contributed by atoms with Gasteiger partial charge in [-0.25, -0.2) is 0 Å². The molecule has 3 heteroatoms. The zero-order valence-corrected chi connectivity index (χ0v) is 12.8. The van der Waals surface area contributed by atoms with Crippen LogP contribution in [0.5, 0.6) is 5.75 Å². The van der Waals surface area contributed by atoms with Crippen LogP contribution in [0, 0.1) is 3.57 Å². The quantitative estimate of drug-likeness (QED) is 0.839. The lowest BCUT2D eigenvalue weighted by Gasteiger charge is -2.22. The Morgan fingerprint density at radius 3 is 2.25 bits per heavy atom. The molecule has 0 saturated carbocycles. The van der Waals surface area contributed by atoms with E-state index in [1.807, 2.05) is 14.1 Å². The van der Waals surface area contributed by atoms with Crippen molar-refractivity contribution in [3.05, 3.63) is 26.8 Å². The van der Waals surface area contributed by atoms with Gasteiger partial charge in [0.1, 0.15) is 5.75 Å². The van der Waals surface area contributed by atoms with Gasteiger partial charge in [-0.05, 0) is 53.7 Å². The van der Waals surface area contributed by atoms with E-state index in [2.05, 4.69) is 60.4 Å². The maximum Gasteiger partial charge on any atom is 0.133 e. The maximum absolute atomic E-state index is 10.0. The molecule has 1 aromatic carbocycles. The number of nitrogens with zero attached hydrogens (tertiary/aromatic N) is 1. The van der Waals surface area contributed by atoms with Crippen molar-refractivity contribution in [2.45, 2.75) is 32.7 Å². The van der Waals surface area contributed by atoms with Crippen LogP contribution in [0.25, 0.3) is 0 Å². The number of rotatable bonds is 2. The van der Waals surface area contributed by atoms with Gasteiger partial charge in [-0.2, -0.15) is 0 Å². The Bertz CT molecular complexity index is 380. The second-order valence-corrected chi connectivity index (χ2v) is 6.62. The monoisotopic (exact) mass is 333 g/mol. The maximum atomic E-state index is 10.0. The van der Waals surface area contributed by atoms with E-state index in [9.17, 15) is 5.11 Å². The molecule has 1 rings (SSSR count). The summed E-state index contributed by atoms with van der Waals surface area (Å²) in [5, 5.41) is 10.0. The number of hydrogen-bond acceptors (Lipinski definition) is 2. The Balaban J connectivity index is 3.22. The number of hydrogen-bond donors (Lipinski definition) is 1. The number of benzene rings is 1. The normalized spacial score (nSPS) is 12.2. The van der Waals surface area contributed by atoms with Crippen molar-refractivity contribution in [2.24, 2.45) is 0 Å². The molecule has 0 aromatic heterocycles. The molecule has 0 aliphatic rings. The summed E-state index contributed by atoms with van der Waals surface area (Å²) in [6.07, 6.45) is 0. The van der Waals surface area contributed by atoms with Crippen LogP contribution in [0.1, 0.15) is 31.9 Å². The lowest BCUT2D eigenvalue weighted by molar-refractivity contribution is 0.384.